The molecule has 0 aromatic carbocycles. The Balaban J connectivity index is 2.51. The Hall–Kier alpha value is 0.01000. The summed E-state index contributed by atoms with van der Waals surface area (Å²) in [6.45, 7) is 6.03. The van der Waals surface area contributed by atoms with Crippen LogP contribution in [0.1, 0.15) is 20.3 Å². The van der Waals surface area contributed by atoms with E-state index in [1.165, 1.54) is 0 Å². The molecule has 1 aliphatic carbocycles. The summed E-state index contributed by atoms with van der Waals surface area (Å²) in [6, 6.07) is 0. The van der Waals surface area contributed by atoms with Crippen LogP contribution in [0.4, 0.5) is 0 Å². The second-order valence-electron chi connectivity index (χ2n) is 4.69. The van der Waals surface area contributed by atoms with Gasteiger partial charge in [0.1, 0.15) is 4.33 Å². The largest absolute Gasteiger partial charge is 0.383 e. The number of carbonyl (C=O) groups excluding carboxylic acids is 1. The third kappa shape index (κ3) is 3.79. The van der Waals surface area contributed by atoms with Gasteiger partial charge in [0.25, 0.3) is 0 Å². The van der Waals surface area contributed by atoms with Crippen LogP contribution in [0.25, 0.3) is 0 Å². The molecule has 1 aliphatic rings. The van der Waals surface area contributed by atoms with Gasteiger partial charge in [0.05, 0.1) is 12.5 Å². The number of alkyl halides is 2. The van der Waals surface area contributed by atoms with Crippen LogP contribution in [0.5, 0.6) is 0 Å². The number of hydrogen-bond acceptors (Lipinski definition) is 2. The van der Waals surface area contributed by atoms with Gasteiger partial charge in [-0.25, -0.2) is 0 Å². The molecule has 1 amide bonds. The number of rotatable bonds is 6. The number of ether oxygens (including phenoxy) is 1. The molecular weight excluding hydrogens is 249 g/mol. The lowest BCUT2D eigenvalue weighted by Crippen LogP contribution is -2.38. The van der Waals surface area contributed by atoms with E-state index in [2.05, 4.69) is 13.8 Å². The van der Waals surface area contributed by atoms with Gasteiger partial charge < -0.3 is 9.64 Å². The second kappa shape index (κ2) is 5.56. The minimum Gasteiger partial charge on any atom is -0.383 e. The van der Waals surface area contributed by atoms with E-state index < -0.39 is 4.33 Å². The molecule has 0 heterocycles. The van der Waals surface area contributed by atoms with E-state index in [1.54, 1.807) is 12.0 Å². The predicted octanol–water partition coefficient (Wildman–Crippen LogP) is 2.31. The number of nitrogens with zero attached hydrogens (tertiary/aromatic N) is 1. The van der Waals surface area contributed by atoms with Crippen LogP contribution in [-0.2, 0) is 9.53 Å². The van der Waals surface area contributed by atoms with Crippen molar-refractivity contribution in [3.05, 3.63) is 0 Å². The number of methoxy groups -OCH3 is 1. The van der Waals surface area contributed by atoms with Gasteiger partial charge in [-0.1, -0.05) is 13.8 Å². The molecule has 3 nitrogen and oxygen atoms in total. The Labute approximate surface area is 107 Å². The molecule has 1 fully saturated rings. The van der Waals surface area contributed by atoms with Crippen molar-refractivity contribution in [3.8, 4) is 0 Å². The highest BCUT2D eigenvalue weighted by Gasteiger charge is 2.57. The van der Waals surface area contributed by atoms with E-state index in [0.717, 1.165) is 6.54 Å². The smallest absolute Gasteiger partial charge is 0.228 e. The van der Waals surface area contributed by atoms with E-state index in [0.29, 0.717) is 25.5 Å². The summed E-state index contributed by atoms with van der Waals surface area (Å²) in [5, 5.41) is 0. The molecule has 0 radical (unpaired) electrons. The highest BCUT2D eigenvalue weighted by molar-refractivity contribution is 6.52. The zero-order valence-electron chi connectivity index (χ0n) is 10.0. The molecule has 16 heavy (non-hydrogen) atoms. The SMILES string of the molecule is COCCN(CC(C)C)C(=O)C1CC1(Cl)Cl. The Morgan fingerprint density at radius 1 is 1.56 bits per heavy atom. The lowest BCUT2D eigenvalue weighted by molar-refractivity contribution is -0.133. The summed E-state index contributed by atoms with van der Waals surface area (Å²) < 4.78 is 4.16. The van der Waals surface area contributed by atoms with Crippen molar-refractivity contribution >= 4 is 29.1 Å². The van der Waals surface area contributed by atoms with E-state index in [4.69, 9.17) is 27.9 Å². The summed E-state index contributed by atoms with van der Waals surface area (Å²) in [5.41, 5.74) is 0. The normalized spacial score (nSPS) is 22.2. The Morgan fingerprint density at radius 3 is 2.50 bits per heavy atom. The van der Waals surface area contributed by atoms with Crippen LogP contribution in [-0.4, -0.2) is 41.9 Å². The predicted molar refractivity (Wildman–Crippen MR) is 65.8 cm³/mol. The van der Waals surface area contributed by atoms with Crippen molar-refractivity contribution in [2.75, 3.05) is 26.8 Å². The first kappa shape index (κ1) is 14.1. The van der Waals surface area contributed by atoms with Crippen molar-refractivity contribution in [2.45, 2.75) is 24.6 Å². The van der Waals surface area contributed by atoms with Gasteiger partial charge in [-0.3, -0.25) is 4.79 Å². The van der Waals surface area contributed by atoms with Crippen LogP contribution in [0.3, 0.4) is 0 Å². The minimum atomic E-state index is -0.834. The Morgan fingerprint density at radius 2 is 2.12 bits per heavy atom. The van der Waals surface area contributed by atoms with Crippen LogP contribution in [0, 0.1) is 11.8 Å². The molecule has 1 atom stereocenters. The first-order valence-electron chi connectivity index (χ1n) is 5.54. The van der Waals surface area contributed by atoms with Crippen molar-refractivity contribution in [1.29, 1.82) is 0 Å². The van der Waals surface area contributed by atoms with Crippen LogP contribution < -0.4 is 0 Å². The molecular formula is C11H19Cl2NO2. The van der Waals surface area contributed by atoms with Gasteiger partial charge >= 0.3 is 0 Å². The van der Waals surface area contributed by atoms with Crippen LogP contribution in [0.2, 0.25) is 0 Å². The summed E-state index contributed by atoms with van der Waals surface area (Å²) in [5.74, 6) is 0.252. The fourth-order valence-corrected chi connectivity index (χ4v) is 2.13. The maximum atomic E-state index is 12.1. The van der Waals surface area contributed by atoms with Crippen molar-refractivity contribution in [1.82, 2.24) is 4.90 Å². The van der Waals surface area contributed by atoms with Crippen LogP contribution in [0.15, 0.2) is 0 Å². The van der Waals surface area contributed by atoms with Crippen molar-refractivity contribution in [3.63, 3.8) is 0 Å². The fraction of sp³-hybridized carbons (Fsp3) is 0.909. The van der Waals surface area contributed by atoms with Gasteiger partial charge in [0.2, 0.25) is 5.91 Å². The molecule has 1 saturated carbocycles. The minimum absolute atomic E-state index is 0.0516. The second-order valence-corrected chi connectivity index (χ2v) is 6.23. The van der Waals surface area contributed by atoms with E-state index >= 15 is 0 Å². The zero-order chi connectivity index (χ0) is 12.3. The molecule has 5 heteroatoms. The lowest BCUT2D eigenvalue weighted by atomic mass is 10.2. The average molecular weight is 268 g/mol. The summed E-state index contributed by atoms with van der Waals surface area (Å²) in [6.07, 6.45) is 0.566. The third-order valence-corrected chi connectivity index (χ3v) is 3.42. The van der Waals surface area contributed by atoms with E-state index in [9.17, 15) is 4.79 Å². The molecule has 1 unspecified atom stereocenters. The molecule has 1 rings (SSSR count). The monoisotopic (exact) mass is 267 g/mol. The van der Waals surface area contributed by atoms with E-state index in [-0.39, 0.29) is 11.8 Å². The molecule has 0 aliphatic heterocycles. The molecule has 0 bridgehead atoms. The Bertz CT molecular complexity index is 256. The summed E-state index contributed by atoms with van der Waals surface area (Å²) >= 11 is 11.8. The quantitative estimate of drug-likeness (QED) is 0.692. The van der Waals surface area contributed by atoms with Gasteiger partial charge in [-0.05, 0) is 12.3 Å². The maximum Gasteiger partial charge on any atom is 0.228 e. The zero-order valence-corrected chi connectivity index (χ0v) is 11.5. The standard InChI is InChI=1S/C11H19Cl2NO2/c1-8(2)7-14(4-5-16-3)10(15)9-6-11(9,12)13/h8-9H,4-7H2,1-3H3. The number of halogens is 2. The fourth-order valence-electron chi connectivity index (χ4n) is 1.64. The molecule has 0 aromatic rings. The van der Waals surface area contributed by atoms with Gasteiger partial charge in [-0.2, -0.15) is 0 Å². The Kier molecular flexibility index (Phi) is 4.89. The number of hydrogen-bond donors (Lipinski definition) is 0. The van der Waals surface area contributed by atoms with Gasteiger partial charge in [-0.15, -0.1) is 23.2 Å². The summed E-state index contributed by atoms with van der Waals surface area (Å²) in [7, 11) is 1.63. The highest BCUT2D eigenvalue weighted by atomic mass is 35.5. The maximum absolute atomic E-state index is 12.1. The first-order chi connectivity index (χ1) is 7.38. The molecule has 94 valence electrons. The first-order valence-corrected chi connectivity index (χ1v) is 6.29. The molecule has 0 aromatic heterocycles. The van der Waals surface area contributed by atoms with Crippen LogP contribution >= 0.6 is 23.2 Å². The highest BCUT2D eigenvalue weighted by Crippen LogP contribution is 2.53. The summed E-state index contributed by atoms with van der Waals surface area (Å²) in [4.78, 5) is 13.9. The van der Waals surface area contributed by atoms with E-state index in [1.807, 2.05) is 0 Å². The van der Waals surface area contributed by atoms with Gasteiger partial charge in [0.15, 0.2) is 0 Å². The van der Waals surface area contributed by atoms with Gasteiger partial charge in [0, 0.05) is 20.2 Å². The molecule has 0 spiro atoms. The van der Waals surface area contributed by atoms with Crippen molar-refractivity contribution in [2.24, 2.45) is 11.8 Å². The average Bonchev–Trinajstić information content (AvgIpc) is 2.80. The number of amides is 1. The lowest BCUT2D eigenvalue weighted by Gasteiger charge is -2.24. The molecule has 0 N–H and O–H groups in total. The van der Waals surface area contributed by atoms with Crippen molar-refractivity contribution < 1.29 is 9.53 Å². The number of carbonyl (C=O) groups is 1. The molecule has 0 saturated heterocycles. The third-order valence-electron chi connectivity index (χ3n) is 2.59. The topological polar surface area (TPSA) is 29.5 Å².